The standard InChI is InChI=1S/C15H18N2O2S/c1-15(2,16)14-17-11(9-20-14)10-4-5-12-13(8-10)19-7-3-6-18-12/h4-5,8-9H,3,6-7,16H2,1-2H3. The van der Waals surface area contributed by atoms with E-state index in [4.69, 9.17) is 15.2 Å². The summed E-state index contributed by atoms with van der Waals surface area (Å²) in [5, 5.41) is 2.96. The lowest BCUT2D eigenvalue weighted by atomic mass is 10.1. The molecule has 0 aliphatic carbocycles. The van der Waals surface area contributed by atoms with Gasteiger partial charge < -0.3 is 15.2 Å². The van der Waals surface area contributed by atoms with Crippen LogP contribution >= 0.6 is 11.3 Å². The molecule has 2 heterocycles. The Morgan fingerprint density at radius 1 is 1.20 bits per heavy atom. The summed E-state index contributed by atoms with van der Waals surface area (Å²) in [4.78, 5) is 4.62. The second-order valence-electron chi connectivity index (χ2n) is 5.47. The summed E-state index contributed by atoms with van der Waals surface area (Å²) >= 11 is 1.58. The Labute approximate surface area is 122 Å². The number of hydrogen-bond donors (Lipinski definition) is 1. The van der Waals surface area contributed by atoms with Crippen molar-refractivity contribution in [2.24, 2.45) is 5.73 Å². The van der Waals surface area contributed by atoms with Crippen LogP contribution in [0.1, 0.15) is 25.3 Å². The molecule has 2 N–H and O–H groups in total. The third-order valence-electron chi connectivity index (χ3n) is 3.10. The molecule has 1 aromatic heterocycles. The van der Waals surface area contributed by atoms with E-state index < -0.39 is 5.54 Å². The van der Waals surface area contributed by atoms with Gasteiger partial charge >= 0.3 is 0 Å². The van der Waals surface area contributed by atoms with E-state index in [2.05, 4.69) is 4.98 Å². The second-order valence-corrected chi connectivity index (χ2v) is 6.33. The largest absolute Gasteiger partial charge is 0.490 e. The Balaban J connectivity index is 1.94. The second kappa shape index (κ2) is 5.07. The summed E-state index contributed by atoms with van der Waals surface area (Å²) < 4.78 is 11.3. The van der Waals surface area contributed by atoms with Gasteiger partial charge in [0, 0.05) is 17.4 Å². The molecule has 0 atom stereocenters. The van der Waals surface area contributed by atoms with Gasteiger partial charge in [0.1, 0.15) is 5.01 Å². The van der Waals surface area contributed by atoms with Crippen LogP contribution in [0.2, 0.25) is 0 Å². The lowest BCUT2D eigenvalue weighted by Gasteiger charge is -2.14. The van der Waals surface area contributed by atoms with E-state index in [1.54, 1.807) is 11.3 Å². The number of aromatic nitrogens is 1. The van der Waals surface area contributed by atoms with E-state index in [1.165, 1.54) is 0 Å². The zero-order valence-electron chi connectivity index (χ0n) is 11.7. The minimum absolute atomic E-state index is 0.409. The van der Waals surface area contributed by atoms with Crippen molar-refractivity contribution in [3.63, 3.8) is 0 Å². The molecule has 0 saturated heterocycles. The molecule has 1 aliphatic rings. The number of ether oxygens (including phenoxy) is 2. The summed E-state index contributed by atoms with van der Waals surface area (Å²) in [6, 6.07) is 5.95. The molecule has 0 spiro atoms. The van der Waals surface area contributed by atoms with Gasteiger partial charge in [-0.3, -0.25) is 0 Å². The summed E-state index contributed by atoms with van der Waals surface area (Å²) in [7, 11) is 0. The zero-order chi connectivity index (χ0) is 14.2. The Kier molecular flexibility index (Phi) is 3.40. The molecule has 3 rings (SSSR count). The maximum Gasteiger partial charge on any atom is 0.161 e. The Morgan fingerprint density at radius 3 is 2.65 bits per heavy atom. The van der Waals surface area contributed by atoms with Gasteiger partial charge in [0.2, 0.25) is 0 Å². The average Bonchev–Trinajstić information content (AvgIpc) is 2.78. The van der Waals surface area contributed by atoms with Crippen LogP contribution in [0.3, 0.4) is 0 Å². The van der Waals surface area contributed by atoms with Crippen LogP contribution in [0, 0.1) is 0 Å². The molecular weight excluding hydrogens is 272 g/mol. The number of rotatable bonds is 2. The molecule has 0 radical (unpaired) electrons. The minimum atomic E-state index is -0.409. The molecule has 20 heavy (non-hydrogen) atoms. The highest BCUT2D eigenvalue weighted by Crippen LogP contribution is 2.35. The van der Waals surface area contributed by atoms with Crippen molar-refractivity contribution in [3.8, 4) is 22.8 Å². The highest BCUT2D eigenvalue weighted by Gasteiger charge is 2.19. The monoisotopic (exact) mass is 290 g/mol. The summed E-state index contributed by atoms with van der Waals surface area (Å²) in [6.45, 7) is 5.32. The van der Waals surface area contributed by atoms with Crippen LogP contribution in [0.15, 0.2) is 23.6 Å². The number of thiazole rings is 1. The fourth-order valence-electron chi connectivity index (χ4n) is 2.02. The van der Waals surface area contributed by atoms with Gasteiger partial charge in [-0.15, -0.1) is 11.3 Å². The van der Waals surface area contributed by atoms with E-state index in [0.29, 0.717) is 13.2 Å². The lowest BCUT2D eigenvalue weighted by molar-refractivity contribution is 0.297. The van der Waals surface area contributed by atoms with Crippen LogP contribution in [0.25, 0.3) is 11.3 Å². The average molecular weight is 290 g/mol. The highest BCUT2D eigenvalue weighted by atomic mass is 32.1. The van der Waals surface area contributed by atoms with Crippen molar-refractivity contribution >= 4 is 11.3 Å². The summed E-state index contributed by atoms with van der Waals surface area (Å²) in [5.41, 5.74) is 7.63. The van der Waals surface area contributed by atoms with E-state index in [1.807, 2.05) is 37.4 Å². The van der Waals surface area contributed by atoms with Crippen LogP contribution in [-0.2, 0) is 5.54 Å². The molecule has 0 unspecified atom stereocenters. The quantitative estimate of drug-likeness (QED) is 0.923. The van der Waals surface area contributed by atoms with Gasteiger partial charge in [0.15, 0.2) is 11.5 Å². The van der Waals surface area contributed by atoms with Gasteiger partial charge in [0.25, 0.3) is 0 Å². The first-order valence-electron chi connectivity index (χ1n) is 6.69. The summed E-state index contributed by atoms with van der Waals surface area (Å²) in [5.74, 6) is 1.60. The number of benzene rings is 1. The molecular formula is C15H18N2O2S. The van der Waals surface area contributed by atoms with Crippen molar-refractivity contribution in [1.29, 1.82) is 0 Å². The lowest BCUT2D eigenvalue weighted by Crippen LogP contribution is -2.28. The fourth-order valence-corrected chi connectivity index (χ4v) is 2.89. The maximum absolute atomic E-state index is 6.08. The van der Waals surface area contributed by atoms with Gasteiger partial charge in [-0.2, -0.15) is 0 Å². The van der Waals surface area contributed by atoms with Crippen molar-refractivity contribution in [2.45, 2.75) is 25.8 Å². The smallest absolute Gasteiger partial charge is 0.161 e. The molecule has 0 fully saturated rings. The molecule has 1 aromatic carbocycles. The van der Waals surface area contributed by atoms with Crippen molar-refractivity contribution in [3.05, 3.63) is 28.6 Å². The van der Waals surface area contributed by atoms with E-state index in [0.717, 1.165) is 34.2 Å². The first kappa shape index (κ1) is 13.4. The van der Waals surface area contributed by atoms with Gasteiger partial charge in [-0.1, -0.05) is 0 Å². The first-order chi connectivity index (χ1) is 9.54. The molecule has 1 aliphatic heterocycles. The molecule has 2 aromatic rings. The number of nitrogens with zero attached hydrogens (tertiary/aromatic N) is 1. The Bertz CT molecular complexity index is 617. The number of hydrogen-bond acceptors (Lipinski definition) is 5. The van der Waals surface area contributed by atoms with Crippen molar-refractivity contribution in [1.82, 2.24) is 4.98 Å². The van der Waals surface area contributed by atoms with Crippen LogP contribution < -0.4 is 15.2 Å². The number of fused-ring (bicyclic) bond motifs is 1. The molecule has 106 valence electrons. The Morgan fingerprint density at radius 2 is 1.95 bits per heavy atom. The fraction of sp³-hybridized carbons (Fsp3) is 0.400. The SMILES string of the molecule is CC(C)(N)c1nc(-c2ccc3c(c2)OCCCO3)cs1. The van der Waals surface area contributed by atoms with E-state index in [-0.39, 0.29) is 0 Å². The topological polar surface area (TPSA) is 57.4 Å². The third kappa shape index (κ3) is 2.64. The highest BCUT2D eigenvalue weighted by molar-refractivity contribution is 7.10. The predicted octanol–water partition coefficient (Wildman–Crippen LogP) is 3.17. The molecule has 4 nitrogen and oxygen atoms in total. The summed E-state index contributed by atoms with van der Waals surface area (Å²) in [6.07, 6.45) is 0.909. The molecule has 0 amide bonds. The Hall–Kier alpha value is -1.59. The predicted molar refractivity (Wildman–Crippen MR) is 80.4 cm³/mol. The van der Waals surface area contributed by atoms with Gasteiger partial charge in [0.05, 0.1) is 24.4 Å². The maximum atomic E-state index is 6.08. The normalized spacial score (nSPS) is 14.9. The molecule has 5 heteroatoms. The molecule has 0 bridgehead atoms. The minimum Gasteiger partial charge on any atom is -0.490 e. The van der Waals surface area contributed by atoms with Crippen LogP contribution in [0.5, 0.6) is 11.5 Å². The van der Waals surface area contributed by atoms with E-state index in [9.17, 15) is 0 Å². The van der Waals surface area contributed by atoms with Crippen molar-refractivity contribution in [2.75, 3.05) is 13.2 Å². The van der Waals surface area contributed by atoms with Crippen LogP contribution in [-0.4, -0.2) is 18.2 Å². The van der Waals surface area contributed by atoms with Crippen LogP contribution in [0.4, 0.5) is 0 Å². The van der Waals surface area contributed by atoms with Crippen molar-refractivity contribution < 1.29 is 9.47 Å². The third-order valence-corrected chi connectivity index (χ3v) is 4.28. The van der Waals surface area contributed by atoms with E-state index >= 15 is 0 Å². The number of nitrogens with two attached hydrogens (primary N) is 1. The van der Waals surface area contributed by atoms with Gasteiger partial charge in [-0.25, -0.2) is 4.98 Å². The zero-order valence-corrected chi connectivity index (χ0v) is 12.5. The van der Waals surface area contributed by atoms with Gasteiger partial charge in [-0.05, 0) is 32.0 Å². The molecule has 0 saturated carbocycles. The first-order valence-corrected chi connectivity index (χ1v) is 7.57.